The summed E-state index contributed by atoms with van der Waals surface area (Å²) in [6.07, 6.45) is -1.77. The predicted molar refractivity (Wildman–Crippen MR) is 96.8 cm³/mol. The summed E-state index contributed by atoms with van der Waals surface area (Å²) >= 11 is 0. The van der Waals surface area contributed by atoms with Crippen LogP contribution < -0.4 is 15.4 Å². The summed E-state index contributed by atoms with van der Waals surface area (Å²) in [5.74, 6) is -0.339. The molecule has 0 radical (unpaired) electrons. The molecule has 1 heterocycles. The summed E-state index contributed by atoms with van der Waals surface area (Å²) in [5, 5.41) is 4.81. The van der Waals surface area contributed by atoms with Gasteiger partial charge in [0, 0.05) is 18.1 Å². The number of carbonyl (C=O) groups is 1. The zero-order valence-electron chi connectivity index (χ0n) is 14.7. The number of nitrogens with one attached hydrogen (secondary N) is 2. The van der Waals surface area contributed by atoms with Gasteiger partial charge in [-0.2, -0.15) is 13.2 Å². The number of carbonyl (C=O) groups excluding carboxylic acids is 1. The molecule has 2 N–H and O–H groups in total. The molecule has 0 aliphatic rings. The van der Waals surface area contributed by atoms with Gasteiger partial charge in [-0.05, 0) is 42.0 Å². The van der Waals surface area contributed by atoms with E-state index in [1.807, 2.05) is 0 Å². The van der Waals surface area contributed by atoms with E-state index in [-0.39, 0.29) is 29.8 Å². The SMILES string of the molecule is O=C(Nc1ccc(C(F)(F)F)cc1)Nc1nccnc1OCc1ccc(F)cc1. The first-order chi connectivity index (χ1) is 13.8. The van der Waals surface area contributed by atoms with Gasteiger partial charge >= 0.3 is 12.2 Å². The molecule has 0 aliphatic carbocycles. The van der Waals surface area contributed by atoms with Gasteiger partial charge < -0.3 is 10.1 Å². The Labute approximate surface area is 162 Å². The molecule has 29 heavy (non-hydrogen) atoms. The van der Waals surface area contributed by atoms with Crippen LogP contribution in [0.4, 0.5) is 33.9 Å². The van der Waals surface area contributed by atoms with Crippen LogP contribution in [-0.4, -0.2) is 16.0 Å². The van der Waals surface area contributed by atoms with E-state index in [4.69, 9.17) is 4.74 Å². The lowest BCUT2D eigenvalue weighted by atomic mass is 10.2. The van der Waals surface area contributed by atoms with Crippen LogP contribution in [0.25, 0.3) is 0 Å². The molecule has 0 fully saturated rings. The van der Waals surface area contributed by atoms with Crippen molar-refractivity contribution in [2.45, 2.75) is 12.8 Å². The fraction of sp³-hybridized carbons (Fsp3) is 0.105. The molecule has 0 saturated heterocycles. The van der Waals surface area contributed by atoms with Crippen molar-refractivity contribution >= 4 is 17.5 Å². The number of aromatic nitrogens is 2. The van der Waals surface area contributed by atoms with Crippen molar-refractivity contribution in [2.75, 3.05) is 10.6 Å². The van der Waals surface area contributed by atoms with Gasteiger partial charge in [-0.3, -0.25) is 5.32 Å². The summed E-state index contributed by atoms with van der Waals surface area (Å²) in [4.78, 5) is 20.1. The van der Waals surface area contributed by atoms with Crippen LogP contribution in [0.3, 0.4) is 0 Å². The first kappa shape index (κ1) is 20.1. The molecule has 0 unspecified atom stereocenters. The van der Waals surface area contributed by atoms with Crippen molar-refractivity contribution < 1.29 is 27.1 Å². The van der Waals surface area contributed by atoms with Crippen molar-refractivity contribution in [1.29, 1.82) is 0 Å². The number of hydrogen-bond donors (Lipinski definition) is 2. The van der Waals surface area contributed by atoms with Gasteiger partial charge in [0.25, 0.3) is 5.88 Å². The Morgan fingerprint density at radius 2 is 1.59 bits per heavy atom. The van der Waals surface area contributed by atoms with Crippen LogP contribution in [0.2, 0.25) is 0 Å². The van der Waals surface area contributed by atoms with Gasteiger partial charge in [0.15, 0.2) is 5.82 Å². The third-order valence-corrected chi connectivity index (χ3v) is 3.66. The minimum absolute atomic E-state index is 0.0130. The monoisotopic (exact) mass is 406 g/mol. The van der Waals surface area contributed by atoms with E-state index >= 15 is 0 Å². The highest BCUT2D eigenvalue weighted by atomic mass is 19.4. The Kier molecular flexibility index (Phi) is 5.91. The van der Waals surface area contributed by atoms with Crippen molar-refractivity contribution in [3.63, 3.8) is 0 Å². The van der Waals surface area contributed by atoms with E-state index in [9.17, 15) is 22.4 Å². The maximum Gasteiger partial charge on any atom is 0.416 e. The van der Waals surface area contributed by atoms with Gasteiger partial charge in [-0.15, -0.1) is 0 Å². The fourth-order valence-corrected chi connectivity index (χ4v) is 2.26. The number of urea groups is 1. The largest absolute Gasteiger partial charge is 0.470 e. The minimum Gasteiger partial charge on any atom is -0.470 e. The smallest absolute Gasteiger partial charge is 0.416 e. The Morgan fingerprint density at radius 1 is 0.931 bits per heavy atom. The van der Waals surface area contributed by atoms with Gasteiger partial charge in [0.2, 0.25) is 0 Å². The zero-order valence-corrected chi connectivity index (χ0v) is 14.7. The van der Waals surface area contributed by atoms with Gasteiger partial charge in [-0.1, -0.05) is 12.1 Å². The molecule has 10 heteroatoms. The minimum atomic E-state index is -4.46. The molecule has 1 aromatic heterocycles. The molecule has 2 aromatic carbocycles. The Balaban J connectivity index is 1.62. The number of nitrogens with zero attached hydrogens (tertiary/aromatic N) is 2. The summed E-state index contributed by atoms with van der Waals surface area (Å²) in [6, 6.07) is 8.88. The van der Waals surface area contributed by atoms with E-state index in [2.05, 4.69) is 20.6 Å². The topological polar surface area (TPSA) is 76.1 Å². The van der Waals surface area contributed by atoms with E-state index in [1.54, 1.807) is 0 Å². The van der Waals surface area contributed by atoms with E-state index in [0.717, 1.165) is 24.3 Å². The average Bonchev–Trinajstić information content (AvgIpc) is 2.68. The average molecular weight is 406 g/mol. The molecule has 150 valence electrons. The van der Waals surface area contributed by atoms with Gasteiger partial charge in [0.05, 0.1) is 5.56 Å². The molecule has 0 atom stereocenters. The number of rotatable bonds is 5. The number of alkyl halides is 3. The Bertz CT molecular complexity index is 977. The molecular weight excluding hydrogens is 392 g/mol. The second-order valence-electron chi connectivity index (χ2n) is 5.78. The van der Waals surface area contributed by atoms with Crippen molar-refractivity contribution in [3.05, 3.63) is 77.9 Å². The third-order valence-electron chi connectivity index (χ3n) is 3.66. The van der Waals surface area contributed by atoms with Crippen LogP contribution in [0.5, 0.6) is 5.88 Å². The van der Waals surface area contributed by atoms with Crippen LogP contribution in [0.1, 0.15) is 11.1 Å². The highest BCUT2D eigenvalue weighted by Gasteiger charge is 2.30. The summed E-state index contributed by atoms with van der Waals surface area (Å²) in [5.41, 5.74) is 0.0132. The molecule has 0 bridgehead atoms. The molecule has 6 nitrogen and oxygen atoms in total. The van der Waals surface area contributed by atoms with Crippen LogP contribution >= 0.6 is 0 Å². The van der Waals surface area contributed by atoms with E-state index in [0.29, 0.717) is 5.56 Å². The maximum atomic E-state index is 12.9. The Hall–Kier alpha value is -3.69. The number of hydrogen-bond acceptors (Lipinski definition) is 4. The standard InChI is InChI=1S/C19H14F4N4O2/c20-14-5-1-12(2-6-14)11-29-17-16(24-9-10-25-17)27-18(28)26-15-7-3-13(4-8-15)19(21,22)23/h1-10H,11H2,(H2,24,26,27,28). The number of benzene rings is 2. The number of halogens is 4. The van der Waals surface area contributed by atoms with E-state index < -0.39 is 17.8 Å². The highest BCUT2D eigenvalue weighted by Crippen LogP contribution is 2.29. The number of amides is 2. The zero-order chi connectivity index (χ0) is 20.9. The van der Waals surface area contributed by atoms with Gasteiger partial charge in [0.1, 0.15) is 12.4 Å². The predicted octanol–water partition coefficient (Wildman–Crippen LogP) is 4.86. The summed E-state index contributed by atoms with van der Waals surface area (Å²) in [6.45, 7) is 0.0637. The molecule has 0 saturated carbocycles. The second kappa shape index (κ2) is 8.55. The van der Waals surface area contributed by atoms with Crippen LogP contribution in [-0.2, 0) is 12.8 Å². The highest BCUT2D eigenvalue weighted by molar-refractivity contribution is 5.99. The van der Waals surface area contributed by atoms with Gasteiger partial charge in [-0.25, -0.2) is 19.2 Å². The first-order valence-corrected chi connectivity index (χ1v) is 8.25. The normalized spacial score (nSPS) is 11.0. The molecule has 3 rings (SSSR count). The molecular formula is C19H14F4N4O2. The van der Waals surface area contributed by atoms with Crippen molar-refractivity contribution in [1.82, 2.24) is 9.97 Å². The van der Waals surface area contributed by atoms with Crippen molar-refractivity contribution in [3.8, 4) is 5.88 Å². The third kappa shape index (κ3) is 5.64. The molecule has 0 aliphatic heterocycles. The van der Waals surface area contributed by atoms with Crippen LogP contribution in [0, 0.1) is 5.82 Å². The molecule has 3 aromatic rings. The fourth-order valence-electron chi connectivity index (χ4n) is 2.26. The quantitative estimate of drug-likeness (QED) is 0.594. The molecule has 2 amide bonds. The number of anilines is 2. The Morgan fingerprint density at radius 3 is 2.24 bits per heavy atom. The lowest BCUT2D eigenvalue weighted by Crippen LogP contribution is -2.21. The maximum absolute atomic E-state index is 12.9. The lowest BCUT2D eigenvalue weighted by Gasteiger charge is -2.12. The second-order valence-corrected chi connectivity index (χ2v) is 5.78. The lowest BCUT2D eigenvalue weighted by molar-refractivity contribution is -0.137. The van der Waals surface area contributed by atoms with Crippen LogP contribution in [0.15, 0.2) is 60.9 Å². The number of ether oxygens (including phenoxy) is 1. The first-order valence-electron chi connectivity index (χ1n) is 8.25. The summed E-state index contributed by atoms with van der Waals surface area (Å²) < 4.78 is 56.2. The summed E-state index contributed by atoms with van der Waals surface area (Å²) in [7, 11) is 0. The van der Waals surface area contributed by atoms with E-state index in [1.165, 1.54) is 36.7 Å². The molecule has 0 spiro atoms. The van der Waals surface area contributed by atoms with Crippen molar-refractivity contribution in [2.24, 2.45) is 0 Å².